The van der Waals surface area contributed by atoms with Crippen molar-refractivity contribution in [3.63, 3.8) is 0 Å². The average molecular weight is 393 g/mol. The van der Waals surface area contributed by atoms with E-state index in [1.54, 1.807) is 12.3 Å². The second kappa shape index (κ2) is 7.91. The van der Waals surface area contributed by atoms with Gasteiger partial charge in [-0.2, -0.15) is 18.3 Å². The van der Waals surface area contributed by atoms with Gasteiger partial charge in [0.05, 0.1) is 22.6 Å². The summed E-state index contributed by atoms with van der Waals surface area (Å²) in [5, 5.41) is 6.65. The van der Waals surface area contributed by atoms with Crippen LogP contribution in [0.1, 0.15) is 23.1 Å². The monoisotopic (exact) mass is 393 g/mol. The molecule has 6 heteroatoms. The van der Waals surface area contributed by atoms with E-state index in [-0.39, 0.29) is 5.69 Å². The summed E-state index contributed by atoms with van der Waals surface area (Å²) in [5.74, 6) is 0. The van der Waals surface area contributed by atoms with Crippen LogP contribution in [-0.2, 0) is 6.18 Å². The third kappa shape index (κ3) is 4.54. The molecule has 0 aromatic heterocycles. The number of hydrogen-bond acceptors (Lipinski definition) is 3. The zero-order valence-electron chi connectivity index (χ0n) is 15.5. The summed E-state index contributed by atoms with van der Waals surface area (Å²) < 4.78 is 38.4. The van der Waals surface area contributed by atoms with Crippen molar-refractivity contribution in [1.82, 2.24) is 0 Å². The van der Waals surface area contributed by atoms with E-state index in [1.807, 2.05) is 47.5 Å². The van der Waals surface area contributed by atoms with Crippen molar-refractivity contribution in [3.8, 4) is 0 Å². The molecule has 0 aliphatic carbocycles. The van der Waals surface area contributed by atoms with Crippen molar-refractivity contribution >= 4 is 23.3 Å². The smallest absolute Gasteiger partial charge is 0.265 e. The standard InChI is InChI=1S/C23H18F3N3/c24-23(25,26)19-7-4-8-20(15-19)27-16-17-9-11-21(12-10-17)29-14-13-22(28-29)18-5-2-1-3-6-18/h1-12,15-16H,13-14H2. The van der Waals surface area contributed by atoms with Gasteiger partial charge in [0.2, 0.25) is 0 Å². The first-order valence-corrected chi connectivity index (χ1v) is 9.21. The van der Waals surface area contributed by atoms with E-state index in [4.69, 9.17) is 5.10 Å². The minimum absolute atomic E-state index is 0.264. The topological polar surface area (TPSA) is 28.0 Å². The fourth-order valence-electron chi connectivity index (χ4n) is 3.12. The molecule has 29 heavy (non-hydrogen) atoms. The normalized spacial score (nSPS) is 14.4. The molecule has 0 N–H and O–H groups in total. The SMILES string of the molecule is FC(F)(F)c1cccc(N=Cc2ccc(N3CCC(c4ccccc4)=N3)cc2)c1. The zero-order chi connectivity index (χ0) is 20.3. The molecule has 1 aliphatic heterocycles. The number of hydrazone groups is 1. The molecule has 1 aliphatic rings. The summed E-state index contributed by atoms with van der Waals surface area (Å²) in [7, 11) is 0. The number of aliphatic imine (C=N–C) groups is 1. The number of hydrogen-bond donors (Lipinski definition) is 0. The molecule has 3 aromatic carbocycles. The third-order valence-electron chi connectivity index (χ3n) is 4.64. The maximum atomic E-state index is 12.8. The van der Waals surface area contributed by atoms with Gasteiger partial charge in [0.15, 0.2) is 0 Å². The molecule has 0 saturated carbocycles. The summed E-state index contributed by atoms with van der Waals surface area (Å²) >= 11 is 0. The van der Waals surface area contributed by atoms with Crippen LogP contribution in [0.15, 0.2) is 89.0 Å². The van der Waals surface area contributed by atoms with Crippen LogP contribution < -0.4 is 5.01 Å². The fourth-order valence-corrected chi connectivity index (χ4v) is 3.12. The Labute approximate surface area is 166 Å². The quantitative estimate of drug-likeness (QED) is 0.495. The highest BCUT2D eigenvalue weighted by Gasteiger charge is 2.30. The van der Waals surface area contributed by atoms with Gasteiger partial charge in [-0.05, 0) is 41.5 Å². The number of nitrogens with zero attached hydrogens (tertiary/aromatic N) is 3. The van der Waals surface area contributed by atoms with Crippen molar-refractivity contribution in [2.24, 2.45) is 10.1 Å². The predicted octanol–water partition coefficient (Wildman–Crippen LogP) is 6.07. The van der Waals surface area contributed by atoms with Crippen LogP contribution in [0.5, 0.6) is 0 Å². The summed E-state index contributed by atoms with van der Waals surface area (Å²) in [6.07, 6.45) is -1.94. The van der Waals surface area contributed by atoms with Crippen LogP contribution >= 0.6 is 0 Å². The lowest BCUT2D eigenvalue weighted by Gasteiger charge is -2.13. The van der Waals surface area contributed by atoms with Crippen LogP contribution in [0, 0.1) is 0 Å². The lowest BCUT2D eigenvalue weighted by molar-refractivity contribution is -0.137. The van der Waals surface area contributed by atoms with E-state index in [0.29, 0.717) is 0 Å². The molecule has 146 valence electrons. The first kappa shape index (κ1) is 18.9. The van der Waals surface area contributed by atoms with E-state index in [0.717, 1.165) is 47.6 Å². The van der Waals surface area contributed by atoms with Gasteiger partial charge < -0.3 is 0 Å². The Morgan fingerprint density at radius 1 is 0.897 bits per heavy atom. The molecule has 0 bridgehead atoms. The molecule has 0 radical (unpaired) electrons. The molecule has 3 aromatic rings. The molecule has 1 heterocycles. The van der Waals surface area contributed by atoms with Gasteiger partial charge in [-0.3, -0.25) is 10.0 Å². The molecule has 3 nitrogen and oxygen atoms in total. The molecule has 0 spiro atoms. The second-order valence-corrected chi connectivity index (χ2v) is 6.68. The largest absolute Gasteiger partial charge is 0.416 e. The van der Waals surface area contributed by atoms with Gasteiger partial charge in [0.25, 0.3) is 0 Å². The van der Waals surface area contributed by atoms with Gasteiger partial charge in [0, 0.05) is 19.2 Å². The van der Waals surface area contributed by atoms with Gasteiger partial charge in [-0.1, -0.05) is 48.5 Å². The minimum atomic E-state index is -4.37. The summed E-state index contributed by atoms with van der Waals surface area (Å²) in [6, 6.07) is 22.7. The Hall–Kier alpha value is -3.41. The van der Waals surface area contributed by atoms with Crippen LogP contribution in [0.2, 0.25) is 0 Å². The number of halogens is 3. The van der Waals surface area contributed by atoms with E-state index in [9.17, 15) is 13.2 Å². The summed E-state index contributed by atoms with van der Waals surface area (Å²) in [5.41, 5.74) is 3.51. The Morgan fingerprint density at radius 3 is 2.38 bits per heavy atom. The van der Waals surface area contributed by atoms with Crippen LogP contribution in [0.25, 0.3) is 0 Å². The van der Waals surface area contributed by atoms with Gasteiger partial charge in [0.1, 0.15) is 0 Å². The number of benzene rings is 3. The molecule has 0 unspecified atom stereocenters. The Kier molecular flexibility index (Phi) is 5.16. The van der Waals surface area contributed by atoms with Crippen LogP contribution in [0.4, 0.5) is 24.5 Å². The summed E-state index contributed by atoms with van der Waals surface area (Å²) in [6.45, 7) is 0.807. The van der Waals surface area contributed by atoms with E-state index in [2.05, 4.69) is 17.1 Å². The first-order valence-electron chi connectivity index (χ1n) is 9.21. The molecule has 0 atom stereocenters. The Balaban J connectivity index is 1.46. The molecule has 0 fully saturated rings. The highest BCUT2D eigenvalue weighted by atomic mass is 19.4. The van der Waals surface area contributed by atoms with Crippen LogP contribution in [-0.4, -0.2) is 18.5 Å². The van der Waals surface area contributed by atoms with Gasteiger partial charge in [-0.15, -0.1) is 0 Å². The predicted molar refractivity (Wildman–Crippen MR) is 110 cm³/mol. The fraction of sp³-hybridized carbons (Fsp3) is 0.130. The highest BCUT2D eigenvalue weighted by Crippen LogP contribution is 2.31. The number of rotatable bonds is 4. The highest BCUT2D eigenvalue weighted by molar-refractivity contribution is 6.02. The zero-order valence-corrected chi connectivity index (χ0v) is 15.5. The number of alkyl halides is 3. The van der Waals surface area contributed by atoms with Gasteiger partial charge in [-0.25, -0.2) is 0 Å². The van der Waals surface area contributed by atoms with E-state index >= 15 is 0 Å². The average Bonchev–Trinajstić information content (AvgIpc) is 3.23. The Bertz CT molecular complexity index is 1040. The minimum Gasteiger partial charge on any atom is -0.265 e. The molecule has 4 rings (SSSR count). The lowest BCUT2D eigenvalue weighted by atomic mass is 10.1. The lowest BCUT2D eigenvalue weighted by Crippen LogP contribution is -2.11. The molecule has 0 saturated heterocycles. The van der Waals surface area contributed by atoms with Crippen molar-refractivity contribution < 1.29 is 13.2 Å². The molecular weight excluding hydrogens is 375 g/mol. The first-order chi connectivity index (χ1) is 14.0. The van der Waals surface area contributed by atoms with Crippen molar-refractivity contribution in [2.45, 2.75) is 12.6 Å². The maximum Gasteiger partial charge on any atom is 0.416 e. The summed E-state index contributed by atoms with van der Waals surface area (Å²) in [4.78, 5) is 4.16. The third-order valence-corrected chi connectivity index (χ3v) is 4.64. The molecular formula is C23H18F3N3. The van der Waals surface area contributed by atoms with Crippen molar-refractivity contribution in [3.05, 3.63) is 95.6 Å². The van der Waals surface area contributed by atoms with Crippen molar-refractivity contribution in [2.75, 3.05) is 11.6 Å². The van der Waals surface area contributed by atoms with E-state index < -0.39 is 11.7 Å². The van der Waals surface area contributed by atoms with E-state index in [1.165, 1.54) is 6.07 Å². The molecule has 0 amide bonds. The van der Waals surface area contributed by atoms with Crippen molar-refractivity contribution in [1.29, 1.82) is 0 Å². The maximum absolute atomic E-state index is 12.8. The second-order valence-electron chi connectivity index (χ2n) is 6.68. The van der Waals surface area contributed by atoms with Gasteiger partial charge >= 0.3 is 6.18 Å². The number of anilines is 1. The Morgan fingerprint density at radius 2 is 1.66 bits per heavy atom. The van der Waals surface area contributed by atoms with Crippen LogP contribution in [0.3, 0.4) is 0 Å².